The minimum Gasteiger partial charge on any atom is -0.255 e. The molecule has 0 unspecified atom stereocenters. The van der Waals surface area contributed by atoms with Crippen LogP contribution in [0.25, 0.3) is 10.6 Å². The van der Waals surface area contributed by atoms with Crippen molar-refractivity contribution in [3.63, 3.8) is 0 Å². The van der Waals surface area contributed by atoms with Crippen molar-refractivity contribution in [2.45, 2.75) is 0 Å². The van der Waals surface area contributed by atoms with Crippen LogP contribution in [0.15, 0.2) is 35.1 Å². The molecule has 60 valence electrons. The normalized spacial score (nSPS) is 10.0. The van der Waals surface area contributed by atoms with Crippen LogP contribution in [0.3, 0.4) is 0 Å². The first kappa shape index (κ1) is 7.24. The van der Waals surface area contributed by atoms with Gasteiger partial charge in [-0.3, -0.25) is 4.79 Å². The lowest BCUT2D eigenvalue weighted by atomic mass is 10.2. The van der Waals surface area contributed by atoms with Gasteiger partial charge in [0.05, 0.1) is 0 Å². The number of aromatic nitrogens is 2. The van der Waals surface area contributed by atoms with Crippen molar-refractivity contribution < 1.29 is 0 Å². The summed E-state index contributed by atoms with van der Waals surface area (Å²) in [5.74, 6) is 0. The Morgan fingerprint density at radius 2 is 2.00 bits per heavy atom. The zero-order chi connectivity index (χ0) is 8.39. The van der Waals surface area contributed by atoms with Crippen LogP contribution in [0.4, 0.5) is 0 Å². The molecule has 4 heteroatoms. The molecule has 1 aromatic carbocycles. The summed E-state index contributed by atoms with van der Waals surface area (Å²) >= 11 is 1.12. The summed E-state index contributed by atoms with van der Waals surface area (Å²) in [6.07, 6.45) is 0. The topological polar surface area (TPSA) is 45.8 Å². The molecule has 0 radical (unpaired) electrons. The van der Waals surface area contributed by atoms with E-state index >= 15 is 0 Å². The van der Waals surface area contributed by atoms with Gasteiger partial charge in [-0.25, -0.2) is 5.10 Å². The van der Waals surface area contributed by atoms with E-state index in [4.69, 9.17) is 0 Å². The highest BCUT2D eigenvalue weighted by atomic mass is 32.1. The number of H-pyrrole nitrogens is 1. The van der Waals surface area contributed by atoms with Gasteiger partial charge < -0.3 is 0 Å². The SMILES string of the molecule is O=c1[nH]nc(-c2ccccc2)s1. The molecule has 0 saturated heterocycles. The molecule has 1 N–H and O–H groups in total. The predicted octanol–water partition coefficient (Wildman–Crippen LogP) is 1.50. The van der Waals surface area contributed by atoms with Crippen LogP contribution in [-0.2, 0) is 0 Å². The van der Waals surface area contributed by atoms with E-state index in [2.05, 4.69) is 10.2 Å². The Balaban J connectivity index is 2.51. The molecule has 0 amide bonds. The van der Waals surface area contributed by atoms with Crippen LogP contribution in [0.1, 0.15) is 0 Å². The van der Waals surface area contributed by atoms with Gasteiger partial charge in [-0.15, -0.1) is 0 Å². The lowest BCUT2D eigenvalue weighted by Crippen LogP contribution is -1.90. The first-order chi connectivity index (χ1) is 5.86. The van der Waals surface area contributed by atoms with Crippen LogP contribution in [0, 0.1) is 0 Å². The predicted molar refractivity (Wildman–Crippen MR) is 48.2 cm³/mol. The first-order valence-corrected chi connectivity index (χ1v) is 4.29. The fourth-order valence-electron chi connectivity index (χ4n) is 0.934. The first-order valence-electron chi connectivity index (χ1n) is 3.47. The Hall–Kier alpha value is -1.42. The second kappa shape index (κ2) is 2.91. The van der Waals surface area contributed by atoms with Gasteiger partial charge in [0, 0.05) is 5.56 Å². The molecule has 0 aliphatic rings. The van der Waals surface area contributed by atoms with Gasteiger partial charge in [0.25, 0.3) is 0 Å². The maximum absolute atomic E-state index is 10.8. The van der Waals surface area contributed by atoms with Gasteiger partial charge in [-0.2, -0.15) is 5.10 Å². The number of hydrogen-bond donors (Lipinski definition) is 1. The van der Waals surface area contributed by atoms with Gasteiger partial charge in [0.2, 0.25) is 0 Å². The summed E-state index contributed by atoms with van der Waals surface area (Å²) in [5.41, 5.74) is 0.973. The molecule has 0 aliphatic heterocycles. The van der Waals surface area contributed by atoms with Gasteiger partial charge >= 0.3 is 4.87 Å². The largest absolute Gasteiger partial charge is 0.322 e. The molecule has 1 aromatic heterocycles. The lowest BCUT2D eigenvalue weighted by Gasteiger charge is -1.90. The zero-order valence-corrected chi connectivity index (χ0v) is 6.97. The Morgan fingerprint density at radius 1 is 1.25 bits per heavy atom. The Kier molecular flexibility index (Phi) is 1.75. The Bertz CT molecular complexity index is 418. The van der Waals surface area contributed by atoms with Gasteiger partial charge in [0.1, 0.15) is 5.01 Å². The number of aromatic amines is 1. The van der Waals surface area contributed by atoms with Crippen molar-refractivity contribution in [3.05, 3.63) is 40.0 Å². The Labute approximate surface area is 72.7 Å². The van der Waals surface area contributed by atoms with Crippen molar-refractivity contribution in [2.75, 3.05) is 0 Å². The van der Waals surface area contributed by atoms with Crippen molar-refractivity contribution >= 4 is 11.3 Å². The van der Waals surface area contributed by atoms with Gasteiger partial charge in [-0.05, 0) is 0 Å². The zero-order valence-electron chi connectivity index (χ0n) is 6.15. The van der Waals surface area contributed by atoms with E-state index in [9.17, 15) is 4.79 Å². The third-order valence-electron chi connectivity index (χ3n) is 1.46. The van der Waals surface area contributed by atoms with E-state index in [-0.39, 0.29) is 4.87 Å². The second-order valence-corrected chi connectivity index (χ2v) is 3.25. The Morgan fingerprint density at radius 3 is 2.58 bits per heavy atom. The molecule has 3 nitrogen and oxygen atoms in total. The molecule has 0 bridgehead atoms. The van der Waals surface area contributed by atoms with Crippen LogP contribution >= 0.6 is 11.3 Å². The summed E-state index contributed by atoms with van der Waals surface area (Å²) in [6.45, 7) is 0. The van der Waals surface area contributed by atoms with E-state index in [0.29, 0.717) is 0 Å². The summed E-state index contributed by atoms with van der Waals surface area (Å²) in [6, 6.07) is 9.61. The lowest BCUT2D eigenvalue weighted by molar-refractivity contribution is 1.06. The fraction of sp³-hybridized carbons (Fsp3) is 0. The standard InChI is InChI=1S/C8H6N2OS/c11-8-10-9-7(12-8)6-4-2-1-3-5-6/h1-5H,(H,10,11). The van der Waals surface area contributed by atoms with Crippen LogP contribution in [0.5, 0.6) is 0 Å². The molecule has 1 heterocycles. The smallest absolute Gasteiger partial charge is 0.255 e. The highest BCUT2D eigenvalue weighted by molar-refractivity contribution is 7.12. The average Bonchev–Trinajstić information content (AvgIpc) is 2.54. The number of nitrogens with zero attached hydrogens (tertiary/aromatic N) is 1. The van der Waals surface area contributed by atoms with Gasteiger partial charge in [-0.1, -0.05) is 41.7 Å². The molecule has 2 aromatic rings. The van der Waals surface area contributed by atoms with Crippen LogP contribution in [-0.4, -0.2) is 10.2 Å². The third kappa shape index (κ3) is 1.29. The number of benzene rings is 1. The quantitative estimate of drug-likeness (QED) is 0.719. The van der Waals surface area contributed by atoms with Crippen LogP contribution in [0.2, 0.25) is 0 Å². The van der Waals surface area contributed by atoms with Crippen LogP contribution < -0.4 is 4.87 Å². The van der Waals surface area contributed by atoms with E-state index in [1.165, 1.54) is 0 Å². The number of nitrogens with one attached hydrogen (secondary N) is 1. The summed E-state index contributed by atoms with van der Waals surface area (Å²) in [7, 11) is 0. The average molecular weight is 178 g/mol. The summed E-state index contributed by atoms with van der Waals surface area (Å²) in [5, 5.41) is 6.98. The maximum atomic E-state index is 10.8. The molecule has 0 aliphatic carbocycles. The second-order valence-electron chi connectivity index (χ2n) is 2.28. The molecule has 0 saturated carbocycles. The summed E-state index contributed by atoms with van der Waals surface area (Å²) < 4.78 is 0. The molecular formula is C8H6N2OS. The molecule has 0 atom stereocenters. The highest BCUT2D eigenvalue weighted by Crippen LogP contribution is 2.16. The van der Waals surface area contributed by atoms with E-state index in [1.807, 2.05) is 30.3 Å². The van der Waals surface area contributed by atoms with Crippen molar-refractivity contribution in [2.24, 2.45) is 0 Å². The fourth-order valence-corrected chi connectivity index (χ4v) is 1.55. The summed E-state index contributed by atoms with van der Waals surface area (Å²) in [4.78, 5) is 10.6. The third-order valence-corrected chi connectivity index (χ3v) is 2.26. The monoisotopic (exact) mass is 178 g/mol. The molecule has 12 heavy (non-hydrogen) atoms. The van der Waals surface area contributed by atoms with E-state index < -0.39 is 0 Å². The molecule has 2 rings (SSSR count). The maximum Gasteiger partial charge on any atom is 0.322 e. The molecule has 0 spiro atoms. The van der Waals surface area contributed by atoms with Gasteiger partial charge in [0.15, 0.2) is 0 Å². The highest BCUT2D eigenvalue weighted by Gasteiger charge is 2.00. The van der Waals surface area contributed by atoms with Crippen molar-refractivity contribution in [1.29, 1.82) is 0 Å². The van der Waals surface area contributed by atoms with E-state index in [0.717, 1.165) is 21.9 Å². The number of hydrogen-bond acceptors (Lipinski definition) is 3. The number of rotatable bonds is 1. The minimum atomic E-state index is -0.117. The van der Waals surface area contributed by atoms with Crippen molar-refractivity contribution in [1.82, 2.24) is 10.2 Å². The van der Waals surface area contributed by atoms with E-state index in [1.54, 1.807) is 0 Å². The van der Waals surface area contributed by atoms with Crippen molar-refractivity contribution in [3.8, 4) is 10.6 Å². The molecule has 0 fully saturated rings. The minimum absolute atomic E-state index is 0.117. The molecular weight excluding hydrogens is 172 g/mol.